The minimum absolute atomic E-state index is 0.207. The highest BCUT2D eigenvalue weighted by atomic mass is 35.5. The Morgan fingerprint density at radius 2 is 1.67 bits per heavy atom. The molecule has 9 heteroatoms. The molecule has 6 nitrogen and oxygen atoms in total. The smallest absolute Gasteiger partial charge is 0.344 e. The van der Waals surface area contributed by atoms with Gasteiger partial charge < -0.3 is 19.5 Å². The lowest BCUT2D eigenvalue weighted by Gasteiger charge is -2.11. The maximum atomic E-state index is 11.9. The molecule has 144 valence electrons. The molecule has 2 rings (SSSR count). The van der Waals surface area contributed by atoms with Gasteiger partial charge in [-0.1, -0.05) is 40.9 Å². The number of rotatable bonds is 7. The average Bonchev–Trinajstić information content (AvgIpc) is 2.63. The SMILES string of the molecule is COc1cc(C)ccc1OCC(=O)OCC(=O)Nc1cc(Cl)c(Cl)cc1Cl. The summed E-state index contributed by atoms with van der Waals surface area (Å²) in [5.74, 6) is -0.411. The summed E-state index contributed by atoms with van der Waals surface area (Å²) >= 11 is 17.7. The second-order valence-corrected chi connectivity index (χ2v) is 6.62. The largest absolute Gasteiger partial charge is 0.493 e. The van der Waals surface area contributed by atoms with Crippen LogP contribution in [-0.4, -0.2) is 32.2 Å². The van der Waals surface area contributed by atoms with Crippen LogP contribution in [0.4, 0.5) is 5.69 Å². The lowest BCUT2D eigenvalue weighted by Crippen LogP contribution is -2.23. The number of hydrogen-bond acceptors (Lipinski definition) is 5. The molecule has 0 heterocycles. The van der Waals surface area contributed by atoms with E-state index in [1.54, 1.807) is 12.1 Å². The molecule has 0 aliphatic rings. The fraction of sp³-hybridized carbons (Fsp3) is 0.222. The van der Waals surface area contributed by atoms with Crippen molar-refractivity contribution < 1.29 is 23.8 Å². The normalized spacial score (nSPS) is 10.3. The van der Waals surface area contributed by atoms with E-state index < -0.39 is 18.5 Å². The van der Waals surface area contributed by atoms with Gasteiger partial charge in [-0.3, -0.25) is 4.79 Å². The molecule has 2 aromatic carbocycles. The molecule has 1 amide bonds. The van der Waals surface area contributed by atoms with Crippen LogP contribution in [0.3, 0.4) is 0 Å². The van der Waals surface area contributed by atoms with Gasteiger partial charge in [0.05, 0.1) is 27.9 Å². The van der Waals surface area contributed by atoms with Crippen LogP contribution in [0.25, 0.3) is 0 Å². The fourth-order valence-corrected chi connectivity index (χ4v) is 2.62. The van der Waals surface area contributed by atoms with Crippen molar-refractivity contribution >= 4 is 52.4 Å². The molecule has 0 aromatic heterocycles. The number of nitrogens with one attached hydrogen (secondary N) is 1. The first-order valence-electron chi connectivity index (χ1n) is 7.67. The Hall–Kier alpha value is -2.15. The van der Waals surface area contributed by atoms with Crippen molar-refractivity contribution in [3.05, 3.63) is 51.0 Å². The highest BCUT2D eigenvalue weighted by Crippen LogP contribution is 2.32. The standard InChI is InChI=1S/C18H16Cl3NO5/c1-10-3-4-15(16(5-10)25-2)26-9-18(24)27-8-17(23)22-14-7-12(20)11(19)6-13(14)21/h3-7H,8-9H2,1-2H3,(H,22,23). The third-order valence-corrected chi connectivity index (χ3v) is 4.35. The first-order valence-corrected chi connectivity index (χ1v) is 8.81. The Labute approximate surface area is 171 Å². The Balaban J connectivity index is 1.83. The van der Waals surface area contributed by atoms with Crippen molar-refractivity contribution in [3.8, 4) is 11.5 Å². The summed E-state index contributed by atoms with van der Waals surface area (Å²) in [6, 6.07) is 8.07. The van der Waals surface area contributed by atoms with Crippen molar-refractivity contribution in [2.75, 3.05) is 25.6 Å². The average molecular weight is 433 g/mol. The molecule has 0 saturated carbocycles. The van der Waals surface area contributed by atoms with E-state index in [0.29, 0.717) is 11.5 Å². The molecule has 0 bridgehead atoms. The van der Waals surface area contributed by atoms with Gasteiger partial charge in [0.25, 0.3) is 5.91 Å². The van der Waals surface area contributed by atoms with Crippen LogP contribution in [0, 0.1) is 6.92 Å². The van der Waals surface area contributed by atoms with E-state index in [-0.39, 0.29) is 27.4 Å². The summed E-state index contributed by atoms with van der Waals surface area (Å²) in [7, 11) is 1.50. The molecule has 1 N–H and O–H groups in total. The van der Waals surface area contributed by atoms with Gasteiger partial charge in [0.15, 0.2) is 24.7 Å². The second kappa shape index (κ2) is 9.69. The van der Waals surface area contributed by atoms with Crippen molar-refractivity contribution in [3.63, 3.8) is 0 Å². The molecule has 0 saturated heterocycles. The molecule has 0 aliphatic carbocycles. The van der Waals surface area contributed by atoms with Crippen molar-refractivity contribution in [1.29, 1.82) is 0 Å². The van der Waals surface area contributed by atoms with Crippen molar-refractivity contribution in [2.45, 2.75) is 6.92 Å². The molecule has 27 heavy (non-hydrogen) atoms. The Morgan fingerprint density at radius 1 is 0.963 bits per heavy atom. The van der Waals surface area contributed by atoms with E-state index in [9.17, 15) is 9.59 Å². The minimum Gasteiger partial charge on any atom is -0.493 e. The number of aryl methyl sites for hydroxylation is 1. The highest BCUT2D eigenvalue weighted by Gasteiger charge is 2.13. The van der Waals surface area contributed by atoms with Crippen LogP contribution < -0.4 is 14.8 Å². The molecule has 0 atom stereocenters. The molecule has 0 spiro atoms. The van der Waals surface area contributed by atoms with Crippen molar-refractivity contribution in [2.24, 2.45) is 0 Å². The van der Waals surface area contributed by atoms with Gasteiger partial charge >= 0.3 is 5.97 Å². The number of hydrogen-bond donors (Lipinski definition) is 1. The number of benzene rings is 2. The van der Waals surface area contributed by atoms with Gasteiger partial charge in [0.1, 0.15) is 0 Å². The predicted octanol–water partition coefficient (Wildman–Crippen LogP) is 4.52. The number of halogens is 3. The summed E-state index contributed by atoms with van der Waals surface area (Å²) in [4.78, 5) is 23.7. The molecule has 0 unspecified atom stereocenters. The number of ether oxygens (including phenoxy) is 3. The maximum Gasteiger partial charge on any atom is 0.344 e. The van der Waals surface area contributed by atoms with E-state index in [4.69, 9.17) is 49.0 Å². The van der Waals surface area contributed by atoms with Gasteiger partial charge in [-0.15, -0.1) is 0 Å². The van der Waals surface area contributed by atoms with E-state index >= 15 is 0 Å². The van der Waals surface area contributed by atoms with Crippen LogP contribution in [-0.2, 0) is 14.3 Å². The molecule has 0 aliphatic heterocycles. The molecule has 0 radical (unpaired) electrons. The van der Waals surface area contributed by atoms with Gasteiger partial charge in [0, 0.05) is 0 Å². The highest BCUT2D eigenvalue weighted by molar-refractivity contribution is 6.44. The Morgan fingerprint density at radius 3 is 2.37 bits per heavy atom. The van der Waals surface area contributed by atoms with E-state index in [2.05, 4.69) is 5.32 Å². The van der Waals surface area contributed by atoms with Crippen molar-refractivity contribution in [1.82, 2.24) is 0 Å². The Kier molecular flexibility index (Phi) is 7.59. The molecular weight excluding hydrogens is 417 g/mol. The summed E-state index contributed by atoms with van der Waals surface area (Å²) in [6.45, 7) is 1.02. The van der Waals surface area contributed by atoms with Crippen LogP contribution >= 0.6 is 34.8 Å². The number of carbonyl (C=O) groups is 2. The van der Waals surface area contributed by atoms with Gasteiger partial charge in [-0.05, 0) is 36.8 Å². The zero-order valence-corrected chi connectivity index (χ0v) is 16.7. The summed E-state index contributed by atoms with van der Waals surface area (Å²) in [5, 5.41) is 3.18. The number of methoxy groups -OCH3 is 1. The molecule has 0 fully saturated rings. The minimum atomic E-state index is -0.715. The Bertz CT molecular complexity index is 857. The lowest BCUT2D eigenvalue weighted by atomic mass is 10.2. The number of amides is 1. The first kappa shape index (κ1) is 21.2. The fourth-order valence-electron chi connectivity index (χ4n) is 2.02. The lowest BCUT2D eigenvalue weighted by molar-refractivity contribution is -0.149. The molecular formula is C18H16Cl3NO5. The summed E-state index contributed by atoms with van der Waals surface area (Å²) in [6.07, 6.45) is 0. The van der Waals surface area contributed by atoms with Crippen LogP contribution in [0.1, 0.15) is 5.56 Å². The van der Waals surface area contributed by atoms with Gasteiger partial charge in [0.2, 0.25) is 0 Å². The second-order valence-electron chi connectivity index (χ2n) is 5.40. The van der Waals surface area contributed by atoms with Crippen LogP contribution in [0.5, 0.6) is 11.5 Å². The molecule has 2 aromatic rings. The zero-order valence-electron chi connectivity index (χ0n) is 14.5. The van der Waals surface area contributed by atoms with E-state index in [1.807, 2.05) is 13.0 Å². The van der Waals surface area contributed by atoms with Crippen LogP contribution in [0.15, 0.2) is 30.3 Å². The van der Waals surface area contributed by atoms with Gasteiger partial charge in [-0.25, -0.2) is 4.79 Å². The van der Waals surface area contributed by atoms with Gasteiger partial charge in [-0.2, -0.15) is 0 Å². The number of esters is 1. The third kappa shape index (κ3) is 6.20. The topological polar surface area (TPSA) is 73.9 Å². The predicted molar refractivity (Wildman–Crippen MR) is 104 cm³/mol. The zero-order chi connectivity index (χ0) is 20.0. The quantitative estimate of drug-likeness (QED) is 0.514. The number of anilines is 1. The van der Waals surface area contributed by atoms with E-state index in [1.165, 1.54) is 19.2 Å². The summed E-state index contributed by atoms with van der Waals surface area (Å²) < 4.78 is 15.4. The summed E-state index contributed by atoms with van der Waals surface area (Å²) in [5.41, 5.74) is 1.24. The number of carbonyl (C=O) groups excluding carboxylic acids is 2. The third-order valence-electron chi connectivity index (χ3n) is 3.31. The monoisotopic (exact) mass is 431 g/mol. The maximum absolute atomic E-state index is 11.9. The first-order chi connectivity index (χ1) is 12.8. The van der Waals surface area contributed by atoms with Crippen LogP contribution in [0.2, 0.25) is 15.1 Å². The van der Waals surface area contributed by atoms with E-state index in [0.717, 1.165) is 5.56 Å².